The molecule has 7 nitrogen and oxygen atoms in total. The summed E-state index contributed by atoms with van der Waals surface area (Å²) in [7, 11) is -4.09. The smallest absolute Gasteiger partial charge is 0.244 e. The van der Waals surface area contributed by atoms with Crippen molar-refractivity contribution < 1.29 is 26.8 Å². The van der Waals surface area contributed by atoms with Crippen LogP contribution >= 0.6 is 15.9 Å². The number of carbonyl (C=O) groups excluding carboxylic acids is 2. The standard InChI is InChI=1S/C30H32BrF2N3O4S/c1-41(39,40)36(25-15-16-26(32)27(33)18-25)20-29(37)35(19-22-11-13-23(31)14-12-22)28(17-21-7-3-2-4-8-21)30(38)34-24-9-5-6-10-24/h2-4,7-8,11-16,18,24,28H,5-6,9-10,17,19-20H2,1H3,(H,34,38). The van der Waals surface area contributed by atoms with E-state index < -0.39 is 40.2 Å². The van der Waals surface area contributed by atoms with E-state index in [4.69, 9.17) is 0 Å². The average molecular weight is 649 g/mol. The van der Waals surface area contributed by atoms with Gasteiger partial charge in [0.05, 0.1) is 11.9 Å². The Morgan fingerprint density at radius 1 is 0.951 bits per heavy atom. The third kappa shape index (κ3) is 8.36. The molecule has 0 aliphatic heterocycles. The van der Waals surface area contributed by atoms with Crippen LogP contribution < -0.4 is 9.62 Å². The van der Waals surface area contributed by atoms with Crippen molar-refractivity contribution in [3.8, 4) is 0 Å². The maximum Gasteiger partial charge on any atom is 0.244 e. The summed E-state index contributed by atoms with van der Waals surface area (Å²) in [6, 6.07) is 18.2. The molecule has 0 bridgehead atoms. The van der Waals surface area contributed by atoms with Crippen LogP contribution in [0.5, 0.6) is 0 Å². The van der Waals surface area contributed by atoms with Gasteiger partial charge >= 0.3 is 0 Å². The average Bonchev–Trinajstić information content (AvgIpc) is 3.45. The lowest BCUT2D eigenvalue weighted by Gasteiger charge is -2.34. The molecular weight excluding hydrogens is 616 g/mol. The number of halogens is 3. The van der Waals surface area contributed by atoms with Gasteiger partial charge < -0.3 is 10.2 Å². The van der Waals surface area contributed by atoms with Gasteiger partial charge in [0, 0.05) is 29.5 Å². The number of hydrogen-bond donors (Lipinski definition) is 1. The number of nitrogens with one attached hydrogen (secondary N) is 1. The van der Waals surface area contributed by atoms with Gasteiger partial charge in [-0.2, -0.15) is 0 Å². The summed E-state index contributed by atoms with van der Waals surface area (Å²) in [6.45, 7) is -0.681. The molecule has 11 heteroatoms. The van der Waals surface area contributed by atoms with Crippen LogP contribution in [0, 0.1) is 11.6 Å². The number of rotatable bonds is 11. The zero-order chi connectivity index (χ0) is 29.6. The molecule has 0 heterocycles. The molecule has 218 valence electrons. The van der Waals surface area contributed by atoms with E-state index >= 15 is 0 Å². The first-order valence-electron chi connectivity index (χ1n) is 13.3. The number of amides is 2. The number of nitrogens with zero attached hydrogens (tertiary/aromatic N) is 2. The van der Waals surface area contributed by atoms with Gasteiger partial charge in [0.1, 0.15) is 12.6 Å². The largest absolute Gasteiger partial charge is 0.352 e. The first-order valence-corrected chi connectivity index (χ1v) is 16.0. The molecule has 1 aliphatic carbocycles. The fraction of sp³-hybridized carbons (Fsp3) is 0.333. The molecule has 1 fully saturated rings. The van der Waals surface area contributed by atoms with Gasteiger partial charge in [0.15, 0.2) is 11.6 Å². The Bertz CT molecular complexity index is 1470. The SMILES string of the molecule is CS(=O)(=O)N(CC(=O)N(Cc1ccc(Br)cc1)C(Cc1ccccc1)C(=O)NC1CCCC1)c1ccc(F)c(F)c1. The number of carbonyl (C=O) groups is 2. The molecule has 1 saturated carbocycles. The molecule has 0 saturated heterocycles. The maximum absolute atomic E-state index is 14.1. The van der Waals surface area contributed by atoms with Gasteiger partial charge in [0.25, 0.3) is 0 Å². The number of sulfonamides is 1. The highest BCUT2D eigenvalue weighted by Gasteiger charge is 2.34. The molecule has 1 atom stereocenters. The second-order valence-corrected chi connectivity index (χ2v) is 13.0. The van der Waals surface area contributed by atoms with Gasteiger partial charge in [-0.3, -0.25) is 13.9 Å². The van der Waals surface area contributed by atoms with Crippen molar-refractivity contribution in [2.45, 2.75) is 50.7 Å². The van der Waals surface area contributed by atoms with Gasteiger partial charge in [-0.05, 0) is 48.2 Å². The van der Waals surface area contributed by atoms with Crippen LogP contribution in [0.4, 0.5) is 14.5 Å². The van der Waals surface area contributed by atoms with Crippen molar-refractivity contribution in [1.82, 2.24) is 10.2 Å². The molecule has 3 aromatic rings. The van der Waals surface area contributed by atoms with Gasteiger partial charge in [-0.1, -0.05) is 71.2 Å². The fourth-order valence-electron chi connectivity index (χ4n) is 4.96. The molecular formula is C30H32BrF2N3O4S. The Hall–Kier alpha value is -3.31. The summed E-state index contributed by atoms with van der Waals surface area (Å²) in [5.74, 6) is -3.37. The molecule has 0 aromatic heterocycles. The van der Waals surface area contributed by atoms with E-state index in [1.807, 2.05) is 54.6 Å². The van der Waals surface area contributed by atoms with E-state index in [9.17, 15) is 26.8 Å². The minimum absolute atomic E-state index is 0.000106. The Labute approximate surface area is 247 Å². The van der Waals surface area contributed by atoms with Crippen molar-refractivity contribution in [2.24, 2.45) is 0 Å². The van der Waals surface area contributed by atoms with Crippen molar-refractivity contribution >= 4 is 43.5 Å². The van der Waals surface area contributed by atoms with Crippen molar-refractivity contribution in [3.05, 3.63) is 100 Å². The number of hydrogen-bond acceptors (Lipinski definition) is 4. The first kappa shape index (κ1) is 30.6. The summed E-state index contributed by atoms with van der Waals surface area (Å²) >= 11 is 3.40. The predicted molar refractivity (Wildman–Crippen MR) is 158 cm³/mol. The molecule has 4 rings (SSSR count). The normalized spacial score (nSPS) is 14.4. The van der Waals surface area contributed by atoms with Crippen molar-refractivity contribution in [2.75, 3.05) is 17.1 Å². The molecule has 3 aromatic carbocycles. The lowest BCUT2D eigenvalue weighted by atomic mass is 10.0. The van der Waals surface area contributed by atoms with Crippen LogP contribution in [0.15, 0.2) is 77.3 Å². The van der Waals surface area contributed by atoms with Gasteiger partial charge in [-0.15, -0.1) is 0 Å². The highest BCUT2D eigenvalue weighted by molar-refractivity contribution is 9.10. The van der Waals surface area contributed by atoms with Crippen LogP contribution in [0.3, 0.4) is 0 Å². The Morgan fingerprint density at radius 2 is 1.61 bits per heavy atom. The summed E-state index contributed by atoms with van der Waals surface area (Å²) < 4.78 is 54.8. The molecule has 2 amide bonds. The second-order valence-electron chi connectivity index (χ2n) is 10.2. The molecule has 41 heavy (non-hydrogen) atoms. The van der Waals surface area contributed by atoms with Crippen molar-refractivity contribution in [1.29, 1.82) is 0 Å². The van der Waals surface area contributed by atoms with Crippen LogP contribution in [-0.4, -0.2) is 50.0 Å². The van der Waals surface area contributed by atoms with E-state index in [2.05, 4.69) is 21.2 Å². The Morgan fingerprint density at radius 3 is 2.22 bits per heavy atom. The van der Waals surface area contributed by atoms with Crippen LogP contribution in [0.1, 0.15) is 36.8 Å². The lowest BCUT2D eigenvalue weighted by Crippen LogP contribution is -2.54. The minimum atomic E-state index is -4.09. The van der Waals surface area contributed by atoms with E-state index in [-0.39, 0.29) is 30.6 Å². The number of benzene rings is 3. The summed E-state index contributed by atoms with van der Waals surface area (Å²) in [5.41, 5.74) is 1.36. The van der Waals surface area contributed by atoms with Crippen molar-refractivity contribution in [3.63, 3.8) is 0 Å². The zero-order valence-corrected chi connectivity index (χ0v) is 25.0. The van der Waals surface area contributed by atoms with Gasteiger partial charge in [0.2, 0.25) is 21.8 Å². The number of anilines is 1. The maximum atomic E-state index is 14.1. The second kappa shape index (κ2) is 13.6. The minimum Gasteiger partial charge on any atom is -0.352 e. The van der Waals surface area contributed by atoms with Crippen LogP contribution in [0.2, 0.25) is 0 Å². The predicted octanol–water partition coefficient (Wildman–Crippen LogP) is 5.19. The van der Waals surface area contributed by atoms with Crippen LogP contribution in [0.25, 0.3) is 0 Å². The van der Waals surface area contributed by atoms with E-state index in [0.717, 1.165) is 70.0 Å². The molecule has 1 N–H and O–H groups in total. The topological polar surface area (TPSA) is 86.8 Å². The summed E-state index contributed by atoms with van der Waals surface area (Å²) in [5, 5.41) is 3.09. The Balaban J connectivity index is 1.72. The van der Waals surface area contributed by atoms with E-state index in [1.54, 1.807) is 0 Å². The van der Waals surface area contributed by atoms with Crippen LogP contribution in [-0.2, 0) is 32.6 Å². The molecule has 0 spiro atoms. The molecule has 1 aliphatic rings. The third-order valence-corrected chi connectivity index (χ3v) is 8.78. The first-order chi connectivity index (χ1) is 19.5. The van der Waals surface area contributed by atoms with E-state index in [0.29, 0.717) is 0 Å². The quantitative estimate of drug-likeness (QED) is 0.310. The monoisotopic (exact) mass is 647 g/mol. The van der Waals surface area contributed by atoms with Gasteiger partial charge in [-0.25, -0.2) is 17.2 Å². The highest BCUT2D eigenvalue weighted by atomic mass is 79.9. The summed E-state index contributed by atoms with van der Waals surface area (Å²) in [6.07, 6.45) is 4.80. The lowest BCUT2D eigenvalue weighted by molar-refractivity contribution is -0.140. The summed E-state index contributed by atoms with van der Waals surface area (Å²) in [4.78, 5) is 29.2. The highest BCUT2D eigenvalue weighted by Crippen LogP contribution is 2.24. The molecule has 1 unspecified atom stereocenters. The Kier molecular flexibility index (Phi) is 10.1. The fourth-order valence-corrected chi connectivity index (χ4v) is 6.07. The van der Waals surface area contributed by atoms with E-state index in [1.165, 1.54) is 4.90 Å². The molecule has 0 radical (unpaired) electrons. The third-order valence-electron chi connectivity index (χ3n) is 7.11. The zero-order valence-electron chi connectivity index (χ0n) is 22.6.